The summed E-state index contributed by atoms with van der Waals surface area (Å²) in [6.45, 7) is 6.80. The highest BCUT2D eigenvalue weighted by molar-refractivity contribution is 5.74. The summed E-state index contributed by atoms with van der Waals surface area (Å²) in [5.74, 6) is 1.21. The Morgan fingerprint density at radius 1 is 1.53 bits per heavy atom. The molecule has 1 aromatic heterocycles. The maximum Gasteiger partial charge on any atom is 0.155 e. The van der Waals surface area contributed by atoms with Crippen molar-refractivity contribution in [2.45, 2.75) is 13.0 Å². The van der Waals surface area contributed by atoms with Crippen LogP contribution in [0.5, 0.6) is 0 Å². The van der Waals surface area contributed by atoms with Gasteiger partial charge in [0.2, 0.25) is 0 Å². The van der Waals surface area contributed by atoms with Crippen LogP contribution in [0.15, 0.2) is 19.0 Å². The van der Waals surface area contributed by atoms with Crippen LogP contribution in [0.4, 0.5) is 17.3 Å². The van der Waals surface area contributed by atoms with Crippen molar-refractivity contribution >= 4 is 17.3 Å². The lowest BCUT2D eigenvalue weighted by molar-refractivity contribution is 0.190. The summed E-state index contributed by atoms with van der Waals surface area (Å²) >= 11 is 0. The Balaban J connectivity index is 2.75. The van der Waals surface area contributed by atoms with Gasteiger partial charge in [-0.2, -0.15) is 0 Å². The number of nitrogens with zero attached hydrogens (tertiary/aromatic N) is 2. The molecule has 0 saturated carbocycles. The van der Waals surface area contributed by atoms with Gasteiger partial charge in [-0.3, -0.25) is 0 Å². The van der Waals surface area contributed by atoms with Crippen molar-refractivity contribution < 1.29 is 4.74 Å². The van der Waals surface area contributed by atoms with Gasteiger partial charge in [0.05, 0.1) is 6.61 Å². The third-order valence-electron chi connectivity index (χ3n) is 2.10. The van der Waals surface area contributed by atoms with Crippen molar-refractivity contribution in [2.75, 3.05) is 36.6 Å². The number of methoxy groups -OCH3 is 1. The zero-order valence-corrected chi connectivity index (χ0v) is 10.2. The van der Waals surface area contributed by atoms with Crippen molar-refractivity contribution in [3.63, 3.8) is 0 Å². The summed E-state index contributed by atoms with van der Waals surface area (Å²) in [5.41, 5.74) is 6.44. The van der Waals surface area contributed by atoms with Crippen molar-refractivity contribution in [1.82, 2.24) is 9.97 Å². The molecule has 0 aliphatic heterocycles. The summed E-state index contributed by atoms with van der Waals surface area (Å²) in [6, 6.07) is 0.129. The summed E-state index contributed by atoms with van der Waals surface area (Å²) < 4.78 is 5.04. The Bertz CT molecular complexity index is 369. The lowest BCUT2D eigenvalue weighted by Gasteiger charge is -2.16. The van der Waals surface area contributed by atoms with Gasteiger partial charge >= 0.3 is 0 Å². The van der Waals surface area contributed by atoms with Gasteiger partial charge < -0.3 is 21.1 Å². The highest BCUT2D eigenvalue weighted by atomic mass is 16.5. The summed E-state index contributed by atoms with van der Waals surface area (Å²) in [4.78, 5) is 8.16. The molecule has 0 radical (unpaired) electrons. The molecule has 1 rings (SSSR count). The number of hydrogen-bond acceptors (Lipinski definition) is 6. The Kier molecular flexibility index (Phi) is 5.22. The van der Waals surface area contributed by atoms with Crippen LogP contribution < -0.4 is 16.4 Å². The zero-order chi connectivity index (χ0) is 12.7. The van der Waals surface area contributed by atoms with E-state index in [1.807, 2.05) is 6.92 Å². The summed E-state index contributed by atoms with van der Waals surface area (Å²) in [5, 5.41) is 6.20. The average Bonchev–Trinajstić information content (AvgIpc) is 2.30. The molecule has 0 aliphatic carbocycles. The normalized spacial score (nSPS) is 11.9. The zero-order valence-electron chi connectivity index (χ0n) is 10.2. The van der Waals surface area contributed by atoms with Crippen molar-refractivity contribution in [2.24, 2.45) is 0 Å². The fourth-order valence-corrected chi connectivity index (χ4v) is 1.35. The minimum atomic E-state index is 0.129. The molecule has 1 heterocycles. The lowest BCUT2D eigenvalue weighted by Crippen LogP contribution is -2.22. The van der Waals surface area contributed by atoms with E-state index in [0.29, 0.717) is 30.5 Å². The second-order valence-electron chi connectivity index (χ2n) is 3.65. The fourth-order valence-electron chi connectivity index (χ4n) is 1.35. The molecule has 0 amide bonds. The molecule has 6 heteroatoms. The quantitative estimate of drug-likeness (QED) is 0.616. The fraction of sp³-hybridized carbons (Fsp3) is 0.455. The maximum absolute atomic E-state index is 5.94. The molecule has 17 heavy (non-hydrogen) atoms. The minimum absolute atomic E-state index is 0.129. The van der Waals surface area contributed by atoms with E-state index in [1.165, 1.54) is 6.33 Å². The van der Waals surface area contributed by atoms with E-state index in [1.54, 1.807) is 13.2 Å². The molecule has 0 bridgehead atoms. The number of hydrogen-bond donors (Lipinski definition) is 3. The van der Waals surface area contributed by atoms with Gasteiger partial charge in [-0.1, -0.05) is 6.08 Å². The Morgan fingerprint density at radius 2 is 2.24 bits per heavy atom. The van der Waals surface area contributed by atoms with E-state index in [9.17, 15) is 0 Å². The second-order valence-corrected chi connectivity index (χ2v) is 3.65. The van der Waals surface area contributed by atoms with Crippen LogP contribution in [0.1, 0.15) is 6.92 Å². The standard InChI is InChI=1S/C11H19N5O/c1-4-5-13-10-9(12)11(15-7-14-10)16-8(2)6-17-3/h4,7-8H,1,5-6,12H2,2-3H3,(H2,13,14,15,16). The van der Waals surface area contributed by atoms with E-state index in [2.05, 4.69) is 27.2 Å². The number of rotatable bonds is 7. The minimum Gasteiger partial charge on any atom is -0.393 e. The van der Waals surface area contributed by atoms with Crippen LogP contribution in [0.25, 0.3) is 0 Å². The third-order valence-corrected chi connectivity index (χ3v) is 2.10. The molecule has 1 unspecified atom stereocenters. The predicted molar refractivity (Wildman–Crippen MR) is 70.1 cm³/mol. The molecule has 0 fully saturated rings. The molecule has 0 aromatic carbocycles. The molecule has 6 nitrogen and oxygen atoms in total. The predicted octanol–water partition coefficient (Wildman–Crippen LogP) is 1.10. The first-order chi connectivity index (χ1) is 8.19. The first kappa shape index (κ1) is 13.2. The molecular formula is C11H19N5O. The lowest BCUT2D eigenvalue weighted by atomic mass is 10.3. The number of aromatic nitrogens is 2. The molecule has 4 N–H and O–H groups in total. The number of nitrogens with one attached hydrogen (secondary N) is 2. The molecule has 0 spiro atoms. The SMILES string of the molecule is C=CCNc1ncnc(NC(C)COC)c1N. The Hall–Kier alpha value is -1.82. The number of nitrogen functional groups attached to an aromatic ring is 1. The Labute approximate surface area is 101 Å². The largest absolute Gasteiger partial charge is 0.393 e. The molecule has 94 valence electrons. The van der Waals surface area contributed by atoms with Crippen molar-refractivity contribution in [1.29, 1.82) is 0 Å². The molecular weight excluding hydrogens is 218 g/mol. The van der Waals surface area contributed by atoms with Gasteiger partial charge in [-0.25, -0.2) is 9.97 Å². The third kappa shape index (κ3) is 3.92. The number of anilines is 3. The van der Waals surface area contributed by atoms with Gasteiger partial charge in [-0.15, -0.1) is 6.58 Å². The molecule has 0 aliphatic rings. The van der Waals surface area contributed by atoms with Crippen LogP contribution in [-0.4, -0.2) is 36.3 Å². The van der Waals surface area contributed by atoms with Gasteiger partial charge in [-0.05, 0) is 6.92 Å². The van der Waals surface area contributed by atoms with Crippen LogP contribution >= 0.6 is 0 Å². The smallest absolute Gasteiger partial charge is 0.155 e. The van der Waals surface area contributed by atoms with E-state index < -0.39 is 0 Å². The van der Waals surface area contributed by atoms with Gasteiger partial charge in [0, 0.05) is 19.7 Å². The summed E-state index contributed by atoms with van der Waals surface area (Å²) in [7, 11) is 1.65. The van der Waals surface area contributed by atoms with E-state index >= 15 is 0 Å². The second kappa shape index (κ2) is 6.70. The number of ether oxygens (including phenoxy) is 1. The maximum atomic E-state index is 5.94. The molecule has 1 atom stereocenters. The summed E-state index contributed by atoms with van der Waals surface area (Å²) in [6.07, 6.45) is 3.20. The van der Waals surface area contributed by atoms with Gasteiger partial charge in [0.25, 0.3) is 0 Å². The number of nitrogens with two attached hydrogens (primary N) is 1. The van der Waals surface area contributed by atoms with E-state index in [0.717, 1.165) is 0 Å². The molecule has 1 aromatic rings. The van der Waals surface area contributed by atoms with Crippen molar-refractivity contribution in [3.05, 3.63) is 19.0 Å². The van der Waals surface area contributed by atoms with Crippen LogP contribution in [0.3, 0.4) is 0 Å². The molecule has 0 saturated heterocycles. The van der Waals surface area contributed by atoms with E-state index in [-0.39, 0.29) is 6.04 Å². The van der Waals surface area contributed by atoms with Crippen molar-refractivity contribution in [3.8, 4) is 0 Å². The highest BCUT2D eigenvalue weighted by Crippen LogP contribution is 2.22. The van der Waals surface area contributed by atoms with Gasteiger partial charge in [0.15, 0.2) is 11.6 Å². The van der Waals surface area contributed by atoms with Gasteiger partial charge in [0.1, 0.15) is 12.0 Å². The van der Waals surface area contributed by atoms with Crippen LogP contribution in [-0.2, 0) is 4.74 Å². The highest BCUT2D eigenvalue weighted by Gasteiger charge is 2.09. The average molecular weight is 237 g/mol. The Morgan fingerprint density at radius 3 is 2.88 bits per heavy atom. The van der Waals surface area contributed by atoms with Crippen LogP contribution in [0, 0.1) is 0 Å². The first-order valence-electron chi connectivity index (χ1n) is 5.39. The first-order valence-corrected chi connectivity index (χ1v) is 5.39. The topological polar surface area (TPSA) is 85.1 Å². The van der Waals surface area contributed by atoms with E-state index in [4.69, 9.17) is 10.5 Å². The van der Waals surface area contributed by atoms with Crippen LogP contribution in [0.2, 0.25) is 0 Å². The monoisotopic (exact) mass is 237 g/mol.